The van der Waals surface area contributed by atoms with Gasteiger partial charge in [0.2, 0.25) is 0 Å². The molecule has 1 atom stereocenters. The SMILES string of the molecule is CCN1CCN(c2cc(CNC(=NC)NCC(C)c3ccc(C)cc3)ccn2)CC1.I. The first-order valence-corrected chi connectivity index (χ1v) is 11.0. The normalized spacial score (nSPS) is 15.9. The van der Waals surface area contributed by atoms with Crippen LogP contribution in [0.2, 0.25) is 0 Å². The van der Waals surface area contributed by atoms with Crippen LogP contribution in [-0.2, 0) is 6.54 Å². The fraction of sp³-hybridized carbons (Fsp3) is 0.500. The lowest BCUT2D eigenvalue weighted by molar-refractivity contribution is 0.270. The van der Waals surface area contributed by atoms with Crippen LogP contribution in [0, 0.1) is 6.92 Å². The van der Waals surface area contributed by atoms with E-state index < -0.39 is 0 Å². The Morgan fingerprint density at radius 2 is 1.81 bits per heavy atom. The molecule has 170 valence electrons. The van der Waals surface area contributed by atoms with E-state index in [0.717, 1.165) is 57.6 Å². The highest BCUT2D eigenvalue weighted by Gasteiger charge is 2.17. The molecule has 0 aliphatic carbocycles. The molecule has 1 fully saturated rings. The maximum absolute atomic E-state index is 4.59. The Morgan fingerprint density at radius 1 is 1.10 bits per heavy atom. The summed E-state index contributed by atoms with van der Waals surface area (Å²) in [5.74, 6) is 2.31. The van der Waals surface area contributed by atoms with Gasteiger partial charge >= 0.3 is 0 Å². The number of rotatable bonds is 7. The van der Waals surface area contributed by atoms with Crippen molar-refractivity contribution in [3.8, 4) is 0 Å². The van der Waals surface area contributed by atoms with Crippen LogP contribution in [-0.4, -0.2) is 62.2 Å². The van der Waals surface area contributed by atoms with E-state index in [-0.39, 0.29) is 24.0 Å². The standard InChI is InChI=1S/C24H36N6.HI/c1-5-29-12-14-30(15-13-29)23-16-21(10-11-26-23)18-28-24(25-4)27-17-20(3)22-8-6-19(2)7-9-22;/h6-11,16,20H,5,12-15,17-18H2,1-4H3,(H2,25,27,28);1H. The Morgan fingerprint density at radius 3 is 2.45 bits per heavy atom. The van der Waals surface area contributed by atoms with Gasteiger partial charge in [0.05, 0.1) is 0 Å². The predicted octanol–water partition coefficient (Wildman–Crippen LogP) is 3.62. The predicted molar refractivity (Wildman–Crippen MR) is 142 cm³/mol. The zero-order chi connectivity index (χ0) is 21.3. The molecule has 1 saturated heterocycles. The number of guanidine groups is 1. The topological polar surface area (TPSA) is 55.8 Å². The monoisotopic (exact) mass is 536 g/mol. The van der Waals surface area contributed by atoms with Crippen molar-refractivity contribution in [3.05, 3.63) is 59.3 Å². The molecule has 0 bridgehead atoms. The van der Waals surface area contributed by atoms with E-state index in [2.05, 4.69) is 87.6 Å². The third-order valence-corrected chi connectivity index (χ3v) is 5.86. The summed E-state index contributed by atoms with van der Waals surface area (Å²) < 4.78 is 0. The van der Waals surface area contributed by atoms with Crippen molar-refractivity contribution in [2.24, 2.45) is 4.99 Å². The van der Waals surface area contributed by atoms with E-state index in [4.69, 9.17) is 0 Å². The molecule has 1 aromatic carbocycles. The third kappa shape index (κ3) is 7.64. The quantitative estimate of drug-likeness (QED) is 0.322. The van der Waals surface area contributed by atoms with Crippen LogP contribution >= 0.6 is 24.0 Å². The van der Waals surface area contributed by atoms with Crippen molar-refractivity contribution < 1.29 is 0 Å². The van der Waals surface area contributed by atoms with Crippen LogP contribution in [0.1, 0.15) is 36.5 Å². The van der Waals surface area contributed by atoms with Crippen LogP contribution in [0.15, 0.2) is 47.6 Å². The fourth-order valence-electron chi connectivity index (χ4n) is 3.71. The van der Waals surface area contributed by atoms with Gasteiger partial charge in [-0.15, -0.1) is 24.0 Å². The van der Waals surface area contributed by atoms with Crippen LogP contribution < -0.4 is 15.5 Å². The Hall–Kier alpha value is -1.87. The second-order valence-corrected chi connectivity index (χ2v) is 8.06. The van der Waals surface area contributed by atoms with E-state index in [9.17, 15) is 0 Å². The largest absolute Gasteiger partial charge is 0.356 e. The van der Waals surface area contributed by atoms with Crippen molar-refractivity contribution in [3.63, 3.8) is 0 Å². The molecule has 2 heterocycles. The first-order valence-electron chi connectivity index (χ1n) is 11.0. The Labute approximate surface area is 204 Å². The summed E-state index contributed by atoms with van der Waals surface area (Å²) in [6, 6.07) is 13.0. The van der Waals surface area contributed by atoms with Crippen LogP contribution in [0.5, 0.6) is 0 Å². The maximum Gasteiger partial charge on any atom is 0.191 e. The van der Waals surface area contributed by atoms with Gasteiger partial charge < -0.3 is 20.4 Å². The number of benzene rings is 1. The van der Waals surface area contributed by atoms with Gasteiger partial charge in [-0.2, -0.15) is 0 Å². The van der Waals surface area contributed by atoms with Crippen LogP contribution in [0.25, 0.3) is 0 Å². The maximum atomic E-state index is 4.59. The molecule has 2 N–H and O–H groups in total. The molecule has 6 nitrogen and oxygen atoms in total. The summed E-state index contributed by atoms with van der Waals surface area (Å²) in [5, 5.41) is 6.88. The number of piperazine rings is 1. The molecule has 7 heteroatoms. The molecule has 0 spiro atoms. The highest BCUT2D eigenvalue weighted by molar-refractivity contribution is 14.0. The number of hydrogen-bond donors (Lipinski definition) is 2. The average Bonchev–Trinajstić information content (AvgIpc) is 2.79. The number of hydrogen-bond acceptors (Lipinski definition) is 4. The molecule has 1 unspecified atom stereocenters. The number of halogens is 1. The number of nitrogens with one attached hydrogen (secondary N) is 2. The van der Waals surface area contributed by atoms with Crippen LogP contribution in [0.3, 0.4) is 0 Å². The second kappa shape index (κ2) is 12.9. The first-order chi connectivity index (χ1) is 14.6. The summed E-state index contributed by atoms with van der Waals surface area (Å²) in [5.41, 5.74) is 3.85. The Balaban J connectivity index is 0.00000341. The fourth-order valence-corrected chi connectivity index (χ4v) is 3.71. The van der Waals surface area contributed by atoms with E-state index in [1.54, 1.807) is 0 Å². The van der Waals surface area contributed by atoms with E-state index in [1.165, 1.54) is 16.7 Å². The molecular formula is C24H37IN6. The zero-order valence-electron chi connectivity index (χ0n) is 19.3. The summed E-state index contributed by atoms with van der Waals surface area (Å²) in [7, 11) is 1.82. The molecule has 0 radical (unpaired) electrons. The highest BCUT2D eigenvalue weighted by atomic mass is 127. The summed E-state index contributed by atoms with van der Waals surface area (Å²) in [6.07, 6.45) is 1.91. The van der Waals surface area contributed by atoms with Crippen molar-refractivity contribution in [2.75, 3.05) is 51.2 Å². The van der Waals surface area contributed by atoms with Crippen molar-refractivity contribution in [1.29, 1.82) is 0 Å². The minimum atomic E-state index is 0. The zero-order valence-corrected chi connectivity index (χ0v) is 21.6. The van der Waals surface area contributed by atoms with Crippen LogP contribution in [0.4, 0.5) is 5.82 Å². The van der Waals surface area contributed by atoms with Gasteiger partial charge in [0.15, 0.2) is 5.96 Å². The number of nitrogens with zero attached hydrogens (tertiary/aromatic N) is 4. The number of aromatic nitrogens is 1. The molecule has 31 heavy (non-hydrogen) atoms. The molecule has 2 aromatic rings. The first kappa shape index (κ1) is 25.4. The molecule has 3 rings (SSSR count). The molecule has 0 amide bonds. The van der Waals surface area contributed by atoms with Gasteiger partial charge in [-0.25, -0.2) is 4.98 Å². The van der Waals surface area contributed by atoms with Gasteiger partial charge in [0, 0.05) is 52.5 Å². The lowest BCUT2D eigenvalue weighted by Gasteiger charge is -2.34. The highest BCUT2D eigenvalue weighted by Crippen LogP contribution is 2.16. The molecule has 1 aliphatic heterocycles. The van der Waals surface area contributed by atoms with E-state index >= 15 is 0 Å². The third-order valence-electron chi connectivity index (χ3n) is 5.86. The Bertz CT molecular complexity index is 815. The molecule has 1 aromatic heterocycles. The van der Waals surface area contributed by atoms with E-state index in [0.29, 0.717) is 5.92 Å². The number of pyridine rings is 1. The summed E-state index contributed by atoms with van der Waals surface area (Å²) in [6.45, 7) is 13.6. The van der Waals surface area contributed by atoms with E-state index in [1.807, 2.05) is 13.2 Å². The lowest BCUT2D eigenvalue weighted by atomic mass is 10.0. The summed E-state index contributed by atoms with van der Waals surface area (Å²) in [4.78, 5) is 13.8. The van der Waals surface area contributed by atoms with Gasteiger partial charge in [-0.3, -0.25) is 4.99 Å². The van der Waals surface area contributed by atoms with Gasteiger partial charge in [-0.1, -0.05) is 43.7 Å². The van der Waals surface area contributed by atoms with Gasteiger partial charge in [0.25, 0.3) is 0 Å². The van der Waals surface area contributed by atoms with Gasteiger partial charge in [-0.05, 0) is 42.6 Å². The Kier molecular flexibility index (Phi) is 10.5. The lowest BCUT2D eigenvalue weighted by Crippen LogP contribution is -2.46. The van der Waals surface area contributed by atoms with Gasteiger partial charge in [0.1, 0.15) is 5.82 Å². The number of aryl methyl sites for hydroxylation is 1. The molecular weight excluding hydrogens is 499 g/mol. The van der Waals surface area contributed by atoms with Crippen molar-refractivity contribution in [2.45, 2.75) is 33.2 Å². The summed E-state index contributed by atoms with van der Waals surface area (Å²) >= 11 is 0. The minimum absolute atomic E-state index is 0. The van der Waals surface area contributed by atoms with Crippen molar-refractivity contribution in [1.82, 2.24) is 20.5 Å². The molecule has 0 saturated carbocycles. The average molecular weight is 537 g/mol. The number of anilines is 1. The minimum Gasteiger partial charge on any atom is -0.356 e. The number of likely N-dealkylation sites (N-methyl/N-ethyl adjacent to an activating group) is 1. The molecule has 1 aliphatic rings. The second-order valence-electron chi connectivity index (χ2n) is 8.06. The smallest absolute Gasteiger partial charge is 0.191 e. The van der Waals surface area contributed by atoms with Crippen molar-refractivity contribution >= 4 is 35.8 Å². The number of aliphatic imine (C=N–C) groups is 1.